The van der Waals surface area contributed by atoms with Gasteiger partial charge in [-0.05, 0) is 36.8 Å². The molecule has 0 bridgehead atoms. The van der Waals surface area contributed by atoms with Gasteiger partial charge in [0.15, 0.2) is 11.7 Å². The third-order valence-corrected chi connectivity index (χ3v) is 4.88. The number of benzene rings is 1. The number of hydrogen-bond donors (Lipinski definition) is 2. The van der Waals surface area contributed by atoms with E-state index in [0.29, 0.717) is 50.6 Å². The molecule has 2 N–H and O–H groups in total. The van der Waals surface area contributed by atoms with Crippen molar-refractivity contribution < 1.29 is 18.4 Å². The Morgan fingerprint density at radius 3 is 2.50 bits per heavy atom. The molecule has 1 aliphatic rings. The number of aliphatic imine (C=N–C) groups is 1. The number of halogens is 2. The van der Waals surface area contributed by atoms with Crippen LogP contribution in [-0.4, -0.2) is 73.4 Å². The van der Waals surface area contributed by atoms with Gasteiger partial charge in [-0.15, -0.1) is 24.0 Å². The fourth-order valence-corrected chi connectivity index (χ4v) is 3.36. The molecule has 0 saturated carbocycles. The van der Waals surface area contributed by atoms with Crippen LogP contribution in [0.5, 0.6) is 0 Å². The largest absolute Gasteiger partial charge is 0.459 e. The van der Waals surface area contributed by atoms with E-state index in [-0.39, 0.29) is 48.0 Å². The maximum Gasteiger partial charge on any atom is 0.289 e. The minimum absolute atomic E-state index is 0. The van der Waals surface area contributed by atoms with Crippen LogP contribution < -0.4 is 10.6 Å². The summed E-state index contributed by atoms with van der Waals surface area (Å²) in [5, 5.41) is 6.07. The SMILES string of the molecule is CCNC(=NCCNC(=O)Cc1cccc(F)c1)N1CCN(C(=O)c2ccco2)CC1.I. The first-order valence-corrected chi connectivity index (χ1v) is 10.4. The smallest absolute Gasteiger partial charge is 0.289 e. The van der Waals surface area contributed by atoms with E-state index in [1.807, 2.05) is 6.92 Å². The van der Waals surface area contributed by atoms with Crippen molar-refractivity contribution in [1.82, 2.24) is 20.4 Å². The van der Waals surface area contributed by atoms with Crippen LogP contribution in [0.3, 0.4) is 0 Å². The number of guanidine groups is 1. The quantitative estimate of drug-likeness (QED) is 0.236. The summed E-state index contributed by atoms with van der Waals surface area (Å²) in [5.41, 5.74) is 0.635. The van der Waals surface area contributed by atoms with Crippen molar-refractivity contribution in [3.05, 3.63) is 59.8 Å². The highest BCUT2D eigenvalue weighted by molar-refractivity contribution is 14.0. The normalized spacial score (nSPS) is 14.0. The van der Waals surface area contributed by atoms with E-state index >= 15 is 0 Å². The molecule has 8 nitrogen and oxygen atoms in total. The van der Waals surface area contributed by atoms with Crippen molar-refractivity contribution in [1.29, 1.82) is 0 Å². The molecule has 174 valence electrons. The Labute approximate surface area is 204 Å². The monoisotopic (exact) mass is 557 g/mol. The van der Waals surface area contributed by atoms with Crippen LogP contribution in [0.15, 0.2) is 52.1 Å². The van der Waals surface area contributed by atoms with E-state index in [9.17, 15) is 14.0 Å². The highest BCUT2D eigenvalue weighted by Crippen LogP contribution is 2.09. The van der Waals surface area contributed by atoms with Gasteiger partial charge in [-0.3, -0.25) is 14.6 Å². The molecule has 10 heteroatoms. The molecular weight excluding hydrogens is 528 g/mol. The van der Waals surface area contributed by atoms with Crippen molar-refractivity contribution in [2.75, 3.05) is 45.8 Å². The summed E-state index contributed by atoms with van der Waals surface area (Å²) in [4.78, 5) is 32.9. The Morgan fingerprint density at radius 2 is 1.84 bits per heavy atom. The second-order valence-corrected chi connectivity index (χ2v) is 7.15. The van der Waals surface area contributed by atoms with Gasteiger partial charge >= 0.3 is 0 Å². The molecule has 0 unspecified atom stereocenters. The van der Waals surface area contributed by atoms with E-state index in [1.165, 1.54) is 18.4 Å². The third-order valence-electron chi connectivity index (χ3n) is 4.88. The van der Waals surface area contributed by atoms with E-state index in [2.05, 4.69) is 20.5 Å². The molecule has 0 spiro atoms. The van der Waals surface area contributed by atoms with Crippen LogP contribution in [-0.2, 0) is 11.2 Å². The molecule has 0 aliphatic carbocycles. The van der Waals surface area contributed by atoms with Gasteiger partial charge in [-0.1, -0.05) is 12.1 Å². The number of nitrogens with zero attached hydrogens (tertiary/aromatic N) is 3. The molecule has 1 aliphatic heterocycles. The topological polar surface area (TPSA) is 90.2 Å². The van der Waals surface area contributed by atoms with Gasteiger partial charge in [0.1, 0.15) is 5.82 Å². The van der Waals surface area contributed by atoms with E-state index < -0.39 is 0 Å². The number of hydrogen-bond acceptors (Lipinski definition) is 4. The average molecular weight is 557 g/mol. The number of furan rings is 1. The fraction of sp³-hybridized carbons (Fsp3) is 0.409. The molecule has 2 amide bonds. The standard InChI is InChI=1S/C22H28FN5O3.HI/c1-2-24-22(26-9-8-25-20(29)16-17-5-3-6-18(23)15-17)28-12-10-27(11-13-28)21(30)19-7-4-14-31-19;/h3-7,14-15H,2,8-13,16H2,1H3,(H,24,26)(H,25,29);1H. The molecule has 3 rings (SSSR count). The number of nitrogens with one attached hydrogen (secondary N) is 2. The summed E-state index contributed by atoms with van der Waals surface area (Å²) in [6, 6.07) is 9.40. The van der Waals surface area contributed by atoms with Crippen molar-refractivity contribution in [2.24, 2.45) is 4.99 Å². The summed E-state index contributed by atoms with van der Waals surface area (Å²) < 4.78 is 18.4. The second-order valence-electron chi connectivity index (χ2n) is 7.15. The fourth-order valence-electron chi connectivity index (χ4n) is 3.36. The highest BCUT2D eigenvalue weighted by atomic mass is 127. The number of carbonyl (C=O) groups is 2. The second kappa shape index (κ2) is 13.0. The number of rotatable bonds is 7. The molecule has 0 radical (unpaired) electrons. The van der Waals surface area contributed by atoms with Crippen LogP contribution in [0.4, 0.5) is 4.39 Å². The lowest BCUT2D eigenvalue weighted by Crippen LogP contribution is -2.53. The van der Waals surface area contributed by atoms with Gasteiger partial charge in [0.25, 0.3) is 5.91 Å². The van der Waals surface area contributed by atoms with Gasteiger partial charge in [0, 0.05) is 39.3 Å². The van der Waals surface area contributed by atoms with Gasteiger partial charge < -0.3 is 24.9 Å². The van der Waals surface area contributed by atoms with Crippen LogP contribution in [0.2, 0.25) is 0 Å². The molecule has 1 fully saturated rings. The van der Waals surface area contributed by atoms with E-state index in [0.717, 1.165) is 12.5 Å². The lowest BCUT2D eigenvalue weighted by molar-refractivity contribution is -0.120. The summed E-state index contributed by atoms with van der Waals surface area (Å²) in [7, 11) is 0. The molecule has 1 aromatic heterocycles. The molecule has 0 atom stereocenters. The van der Waals surface area contributed by atoms with Gasteiger partial charge in [0.05, 0.1) is 19.2 Å². The van der Waals surface area contributed by atoms with Gasteiger partial charge in [-0.25, -0.2) is 4.39 Å². The predicted molar refractivity (Wildman–Crippen MR) is 131 cm³/mol. The number of piperazine rings is 1. The first-order chi connectivity index (χ1) is 15.1. The molecule has 1 aromatic carbocycles. The lowest BCUT2D eigenvalue weighted by atomic mass is 10.1. The minimum atomic E-state index is -0.351. The van der Waals surface area contributed by atoms with Crippen LogP contribution in [0.1, 0.15) is 23.0 Å². The van der Waals surface area contributed by atoms with E-state index in [4.69, 9.17) is 4.42 Å². The summed E-state index contributed by atoms with van der Waals surface area (Å²) in [6.07, 6.45) is 1.63. The van der Waals surface area contributed by atoms with Gasteiger partial charge in [0.2, 0.25) is 5.91 Å². The van der Waals surface area contributed by atoms with Crippen molar-refractivity contribution >= 4 is 41.8 Å². The molecule has 2 heterocycles. The maximum absolute atomic E-state index is 13.2. The highest BCUT2D eigenvalue weighted by Gasteiger charge is 2.25. The lowest BCUT2D eigenvalue weighted by Gasteiger charge is -2.36. The van der Waals surface area contributed by atoms with Crippen molar-refractivity contribution in [3.8, 4) is 0 Å². The zero-order chi connectivity index (χ0) is 22.1. The van der Waals surface area contributed by atoms with E-state index in [1.54, 1.807) is 29.2 Å². The molecule has 32 heavy (non-hydrogen) atoms. The minimum Gasteiger partial charge on any atom is -0.459 e. The Hall–Kier alpha value is -2.63. The third kappa shape index (κ3) is 7.50. The number of carbonyl (C=O) groups excluding carboxylic acids is 2. The Kier molecular flexibility index (Phi) is 10.4. The van der Waals surface area contributed by atoms with Crippen molar-refractivity contribution in [3.63, 3.8) is 0 Å². The molecular formula is C22H29FIN5O3. The average Bonchev–Trinajstić information content (AvgIpc) is 3.30. The Morgan fingerprint density at radius 1 is 1.09 bits per heavy atom. The predicted octanol–water partition coefficient (Wildman–Crippen LogP) is 2.12. The summed E-state index contributed by atoms with van der Waals surface area (Å²) >= 11 is 0. The van der Waals surface area contributed by atoms with Crippen molar-refractivity contribution in [2.45, 2.75) is 13.3 Å². The van der Waals surface area contributed by atoms with Gasteiger partial charge in [-0.2, -0.15) is 0 Å². The first kappa shape index (κ1) is 25.6. The summed E-state index contributed by atoms with van der Waals surface area (Å²) in [5.74, 6) is 0.481. The summed E-state index contributed by atoms with van der Waals surface area (Å²) in [6.45, 7) is 5.99. The number of amides is 2. The van der Waals surface area contributed by atoms with Crippen LogP contribution in [0.25, 0.3) is 0 Å². The van der Waals surface area contributed by atoms with Crippen LogP contribution >= 0.6 is 24.0 Å². The van der Waals surface area contributed by atoms with Crippen LogP contribution in [0, 0.1) is 5.82 Å². The Bertz CT molecular complexity index is 899. The zero-order valence-corrected chi connectivity index (χ0v) is 20.4. The first-order valence-electron chi connectivity index (χ1n) is 10.4. The Balaban J connectivity index is 0.00000363. The zero-order valence-electron chi connectivity index (χ0n) is 18.1. The molecule has 1 saturated heterocycles. The maximum atomic E-state index is 13.2. The molecule has 2 aromatic rings.